The SMILES string of the molecule is COc1ccc(C2CC(c3cc(Cl)ccc3O)NN2)cc1OC. The number of nitrogens with one attached hydrogen (secondary N) is 2. The molecule has 23 heavy (non-hydrogen) atoms. The molecule has 1 heterocycles. The second-order valence-corrected chi connectivity index (χ2v) is 5.88. The van der Waals surface area contributed by atoms with Crippen molar-refractivity contribution >= 4 is 11.6 Å². The number of halogens is 1. The van der Waals surface area contributed by atoms with Gasteiger partial charge in [-0.15, -0.1) is 0 Å². The first-order valence-electron chi connectivity index (χ1n) is 7.33. The molecule has 2 unspecified atom stereocenters. The summed E-state index contributed by atoms with van der Waals surface area (Å²) < 4.78 is 10.6. The first-order chi connectivity index (χ1) is 11.1. The summed E-state index contributed by atoms with van der Waals surface area (Å²) in [6, 6.07) is 11.0. The zero-order chi connectivity index (χ0) is 16.4. The highest BCUT2D eigenvalue weighted by Crippen LogP contribution is 2.38. The number of ether oxygens (including phenoxy) is 2. The monoisotopic (exact) mass is 334 g/mol. The van der Waals surface area contributed by atoms with Gasteiger partial charge >= 0.3 is 0 Å². The van der Waals surface area contributed by atoms with Gasteiger partial charge in [0.05, 0.1) is 20.3 Å². The zero-order valence-corrected chi connectivity index (χ0v) is 13.7. The molecule has 1 saturated heterocycles. The van der Waals surface area contributed by atoms with Crippen LogP contribution < -0.4 is 20.3 Å². The molecule has 1 aliphatic rings. The standard InChI is InChI=1S/C17H19ClN2O3/c1-22-16-6-3-10(7-17(16)23-2)13-9-14(20-19-13)12-8-11(18)4-5-15(12)21/h3-8,13-14,19-21H,9H2,1-2H3. The highest BCUT2D eigenvalue weighted by molar-refractivity contribution is 6.30. The third-order valence-electron chi connectivity index (χ3n) is 4.08. The third-order valence-corrected chi connectivity index (χ3v) is 4.31. The molecule has 0 spiro atoms. The van der Waals surface area contributed by atoms with Gasteiger partial charge in [-0.1, -0.05) is 17.7 Å². The summed E-state index contributed by atoms with van der Waals surface area (Å²) in [6.45, 7) is 0. The number of hydrazine groups is 1. The maximum absolute atomic E-state index is 10.0. The molecular formula is C17H19ClN2O3. The molecule has 2 aromatic carbocycles. The van der Waals surface area contributed by atoms with Crippen LogP contribution >= 0.6 is 11.6 Å². The van der Waals surface area contributed by atoms with E-state index >= 15 is 0 Å². The molecule has 3 N–H and O–H groups in total. The van der Waals surface area contributed by atoms with E-state index in [2.05, 4.69) is 10.9 Å². The van der Waals surface area contributed by atoms with Crippen LogP contribution in [0.15, 0.2) is 36.4 Å². The van der Waals surface area contributed by atoms with Crippen molar-refractivity contribution in [3.05, 3.63) is 52.5 Å². The van der Waals surface area contributed by atoms with Crippen molar-refractivity contribution in [2.75, 3.05) is 14.2 Å². The molecule has 2 atom stereocenters. The van der Waals surface area contributed by atoms with Crippen LogP contribution in [-0.4, -0.2) is 19.3 Å². The molecule has 0 aliphatic carbocycles. The Labute approximate surface area is 140 Å². The maximum Gasteiger partial charge on any atom is 0.161 e. The van der Waals surface area contributed by atoms with Crippen molar-refractivity contribution in [2.24, 2.45) is 0 Å². The van der Waals surface area contributed by atoms with Crippen molar-refractivity contribution in [1.82, 2.24) is 10.9 Å². The fourth-order valence-electron chi connectivity index (χ4n) is 2.85. The number of aromatic hydroxyl groups is 1. The molecule has 0 bridgehead atoms. The topological polar surface area (TPSA) is 62.8 Å². The minimum atomic E-state index is -0.0215. The van der Waals surface area contributed by atoms with E-state index < -0.39 is 0 Å². The van der Waals surface area contributed by atoms with E-state index in [4.69, 9.17) is 21.1 Å². The molecule has 6 heteroatoms. The van der Waals surface area contributed by atoms with Crippen LogP contribution in [0.3, 0.4) is 0 Å². The predicted octanol–water partition coefficient (Wildman–Crippen LogP) is 3.34. The number of hydrogen-bond donors (Lipinski definition) is 3. The van der Waals surface area contributed by atoms with Gasteiger partial charge in [0.15, 0.2) is 11.5 Å². The van der Waals surface area contributed by atoms with Gasteiger partial charge in [0.25, 0.3) is 0 Å². The molecule has 2 aromatic rings. The van der Waals surface area contributed by atoms with Gasteiger partial charge in [0.1, 0.15) is 5.75 Å². The third kappa shape index (κ3) is 3.22. The van der Waals surface area contributed by atoms with Crippen molar-refractivity contribution in [1.29, 1.82) is 0 Å². The minimum Gasteiger partial charge on any atom is -0.508 e. The molecule has 1 fully saturated rings. The Balaban J connectivity index is 1.81. The smallest absolute Gasteiger partial charge is 0.161 e. The van der Waals surface area contributed by atoms with Gasteiger partial charge in [-0.25, -0.2) is 10.9 Å². The van der Waals surface area contributed by atoms with Crippen LogP contribution in [0.25, 0.3) is 0 Å². The van der Waals surface area contributed by atoms with Gasteiger partial charge < -0.3 is 14.6 Å². The van der Waals surface area contributed by atoms with Crippen molar-refractivity contribution in [2.45, 2.75) is 18.5 Å². The number of benzene rings is 2. The van der Waals surface area contributed by atoms with Crippen LogP contribution in [0.1, 0.15) is 29.6 Å². The van der Waals surface area contributed by atoms with E-state index in [-0.39, 0.29) is 17.8 Å². The van der Waals surface area contributed by atoms with E-state index in [9.17, 15) is 5.11 Å². The van der Waals surface area contributed by atoms with Crippen molar-refractivity contribution < 1.29 is 14.6 Å². The number of hydrogen-bond acceptors (Lipinski definition) is 5. The number of phenolic OH excluding ortho intramolecular Hbond substituents is 1. The van der Waals surface area contributed by atoms with Crippen LogP contribution in [0.2, 0.25) is 5.02 Å². The van der Waals surface area contributed by atoms with Gasteiger partial charge in [0, 0.05) is 16.6 Å². The zero-order valence-electron chi connectivity index (χ0n) is 13.0. The highest BCUT2D eigenvalue weighted by atomic mass is 35.5. The van der Waals surface area contributed by atoms with E-state index in [1.165, 1.54) is 0 Å². The second kappa shape index (κ2) is 6.66. The summed E-state index contributed by atoms with van der Waals surface area (Å²) >= 11 is 6.03. The van der Waals surface area contributed by atoms with E-state index in [0.29, 0.717) is 16.5 Å². The summed E-state index contributed by atoms with van der Waals surface area (Å²) in [5.41, 5.74) is 8.34. The predicted molar refractivity (Wildman–Crippen MR) is 89.0 cm³/mol. The van der Waals surface area contributed by atoms with E-state index in [1.807, 2.05) is 18.2 Å². The number of rotatable bonds is 4. The molecule has 122 valence electrons. The quantitative estimate of drug-likeness (QED) is 0.800. The summed E-state index contributed by atoms with van der Waals surface area (Å²) in [5, 5.41) is 10.6. The molecule has 0 saturated carbocycles. The Morgan fingerprint density at radius 1 is 1.00 bits per heavy atom. The summed E-state index contributed by atoms with van der Waals surface area (Å²) in [7, 11) is 3.24. The molecule has 0 amide bonds. The molecule has 1 aliphatic heterocycles. The van der Waals surface area contributed by atoms with Gasteiger partial charge in [-0.3, -0.25) is 0 Å². The molecule has 3 rings (SSSR count). The highest BCUT2D eigenvalue weighted by Gasteiger charge is 2.28. The average molecular weight is 335 g/mol. The first-order valence-corrected chi connectivity index (χ1v) is 7.71. The Hall–Kier alpha value is -1.95. The van der Waals surface area contributed by atoms with E-state index in [0.717, 1.165) is 17.5 Å². The largest absolute Gasteiger partial charge is 0.508 e. The Morgan fingerprint density at radius 3 is 2.48 bits per heavy atom. The van der Waals surface area contributed by atoms with Gasteiger partial charge in [0.2, 0.25) is 0 Å². The lowest BCUT2D eigenvalue weighted by molar-refractivity contribution is 0.354. The molecule has 0 radical (unpaired) electrons. The van der Waals surface area contributed by atoms with Crippen molar-refractivity contribution in [3.8, 4) is 17.2 Å². The van der Waals surface area contributed by atoms with Crippen molar-refractivity contribution in [3.63, 3.8) is 0 Å². The number of phenols is 1. The number of methoxy groups -OCH3 is 2. The van der Waals surface area contributed by atoms with Crippen LogP contribution in [-0.2, 0) is 0 Å². The maximum atomic E-state index is 10.0. The lowest BCUT2D eigenvalue weighted by Gasteiger charge is -2.14. The van der Waals surface area contributed by atoms with Crippen LogP contribution in [0.4, 0.5) is 0 Å². The average Bonchev–Trinajstić information content (AvgIpc) is 3.06. The lowest BCUT2D eigenvalue weighted by Crippen LogP contribution is -2.26. The molecule has 5 nitrogen and oxygen atoms in total. The van der Waals surface area contributed by atoms with Gasteiger partial charge in [-0.2, -0.15) is 0 Å². The minimum absolute atomic E-state index is 0.0215. The lowest BCUT2D eigenvalue weighted by atomic mass is 9.97. The second-order valence-electron chi connectivity index (χ2n) is 5.45. The summed E-state index contributed by atoms with van der Waals surface area (Å²) in [6.07, 6.45) is 0.781. The van der Waals surface area contributed by atoms with Crippen LogP contribution in [0.5, 0.6) is 17.2 Å². The van der Waals surface area contributed by atoms with Gasteiger partial charge in [-0.05, 0) is 42.3 Å². The fraction of sp³-hybridized carbons (Fsp3) is 0.294. The normalized spacial score (nSPS) is 20.5. The van der Waals surface area contributed by atoms with Crippen LogP contribution in [0, 0.1) is 0 Å². The Morgan fingerprint density at radius 2 is 1.74 bits per heavy atom. The Bertz CT molecular complexity index is 708. The fourth-order valence-corrected chi connectivity index (χ4v) is 3.03. The summed E-state index contributed by atoms with van der Waals surface area (Å²) in [4.78, 5) is 0. The Kier molecular flexibility index (Phi) is 4.61. The first kappa shape index (κ1) is 15.9. The molecule has 0 aromatic heterocycles. The van der Waals surface area contributed by atoms with E-state index in [1.54, 1.807) is 32.4 Å². The molecular weight excluding hydrogens is 316 g/mol. The summed E-state index contributed by atoms with van der Waals surface area (Å²) in [5.74, 6) is 1.63.